The monoisotopic (exact) mass is 492 g/mol. The molecule has 188 valence electrons. The maximum Gasteiger partial charge on any atom is 0.344 e. The van der Waals surface area contributed by atoms with Crippen molar-refractivity contribution in [1.82, 2.24) is 4.98 Å². The Hall–Kier alpha value is -4.07. The van der Waals surface area contributed by atoms with Crippen LogP contribution in [-0.2, 0) is 11.2 Å². The van der Waals surface area contributed by atoms with E-state index in [4.69, 9.17) is 13.9 Å². The van der Waals surface area contributed by atoms with Crippen LogP contribution < -0.4 is 14.4 Å². The van der Waals surface area contributed by atoms with E-state index in [1.54, 1.807) is 19.1 Å². The SMILES string of the molecule is CCC(Oc1cccc(CCN(CCCOc2ccccc2)c2nc3cc(F)ccc3o2)c1)C(=O)O. The van der Waals surface area contributed by atoms with Crippen LogP contribution in [0, 0.1) is 5.82 Å². The topological polar surface area (TPSA) is 85.0 Å². The van der Waals surface area contributed by atoms with Crippen molar-refractivity contribution in [3.8, 4) is 11.5 Å². The van der Waals surface area contributed by atoms with Crippen LogP contribution in [0.3, 0.4) is 0 Å². The molecule has 0 aliphatic carbocycles. The quantitative estimate of drug-likeness (QED) is 0.239. The number of carboxylic acids is 1. The molecule has 1 aromatic heterocycles. The summed E-state index contributed by atoms with van der Waals surface area (Å²) >= 11 is 0. The lowest BCUT2D eigenvalue weighted by Gasteiger charge is -2.21. The molecular formula is C28H29FN2O5. The highest BCUT2D eigenvalue weighted by Gasteiger charge is 2.18. The number of anilines is 1. The van der Waals surface area contributed by atoms with E-state index >= 15 is 0 Å². The number of aliphatic carboxylic acids is 1. The Kier molecular flexibility index (Phi) is 8.39. The Bertz CT molecular complexity index is 1280. The first-order valence-electron chi connectivity index (χ1n) is 12.0. The van der Waals surface area contributed by atoms with Crippen molar-refractivity contribution < 1.29 is 28.2 Å². The van der Waals surface area contributed by atoms with Crippen molar-refractivity contribution in [2.75, 3.05) is 24.6 Å². The van der Waals surface area contributed by atoms with Crippen molar-refractivity contribution in [2.45, 2.75) is 32.3 Å². The zero-order valence-electron chi connectivity index (χ0n) is 20.1. The molecule has 1 heterocycles. The molecule has 0 spiro atoms. The summed E-state index contributed by atoms with van der Waals surface area (Å²) in [5.41, 5.74) is 1.97. The second-order valence-corrected chi connectivity index (χ2v) is 8.36. The maximum absolute atomic E-state index is 13.7. The standard InChI is InChI=1S/C28H29FN2O5/c1-2-25(27(32)33)35-23-11-6-8-20(18-23)14-16-31(15-7-17-34-22-9-4-3-5-10-22)28-30-24-19-21(29)12-13-26(24)36-28/h3-6,8-13,18-19,25H,2,7,14-17H2,1H3,(H,32,33). The van der Waals surface area contributed by atoms with E-state index in [0.717, 1.165) is 17.7 Å². The van der Waals surface area contributed by atoms with Crippen LogP contribution in [0.25, 0.3) is 11.1 Å². The number of carbonyl (C=O) groups is 1. The van der Waals surface area contributed by atoms with E-state index in [2.05, 4.69) is 4.98 Å². The molecule has 0 saturated heterocycles. The van der Waals surface area contributed by atoms with Gasteiger partial charge in [-0.3, -0.25) is 0 Å². The number of fused-ring (bicyclic) bond motifs is 1. The summed E-state index contributed by atoms with van der Waals surface area (Å²) in [6, 6.07) is 21.7. The summed E-state index contributed by atoms with van der Waals surface area (Å²) in [6.07, 6.45) is 0.855. The molecule has 0 fully saturated rings. The molecule has 7 nitrogen and oxygen atoms in total. The van der Waals surface area contributed by atoms with Gasteiger partial charge in [0, 0.05) is 19.2 Å². The highest BCUT2D eigenvalue weighted by molar-refractivity contribution is 5.74. The van der Waals surface area contributed by atoms with Crippen LogP contribution in [0.2, 0.25) is 0 Å². The molecule has 1 atom stereocenters. The van der Waals surface area contributed by atoms with Gasteiger partial charge < -0.3 is 23.9 Å². The zero-order valence-corrected chi connectivity index (χ0v) is 20.1. The molecule has 0 bridgehead atoms. The van der Waals surface area contributed by atoms with Crippen LogP contribution in [0.5, 0.6) is 11.5 Å². The number of para-hydroxylation sites is 1. The Balaban J connectivity index is 1.44. The fourth-order valence-electron chi connectivity index (χ4n) is 3.80. The van der Waals surface area contributed by atoms with Gasteiger partial charge in [-0.1, -0.05) is 37.3 Å². The van der Waals surface area contributed by atoms with Crippen LogP contribution in [-0.4, -0.2) is 41.9 Å². The number of nitrogens with zero attached hydrogens (tertiary/aromatic N) is 2. The van der Waals surface area contributed by atoms with Crippen LogP contribution in [0.15, 0.2) is 77.2 Å². The van der Waals surface area contributed by atoms with E-state index in [9.17, 15) is 14.3 Å². The average Bonchev–Trinajstić information content (AvgIpc) is 3.30. The summed E-state index contributed by atoms with van der Waals surface area (Å²) in [6.45, 7) is 3.50. The Labute approximate surface area is 209 Å². The van der Waals surface area contributed by atoms with Crippen LogP contribution >= 0.6 is 0 Å². The predicted octanol–water partition coefficient (Wildman–Crippen LogP) is 5.73. The van der Waals surface area contributed by atoms with E-state index in [1.807, 2.05) is 53.4 Å². The Morgan fingerprint density at radius 2 is 1.86 bits per heavy atom. The molecule has 4 aromatic rings. The molecular weight excluding hydrogens is 463 g/mol. The number of hydrogen-bond acceptors (Lipinski definition) is 6. The first-order chi connectivity index (χ1) is 17.5. The molecule has 0 radical (unpaired) electrons. The van der Waals surface area contributed by atoms with Crippen molar-refractivity contribution in [1.29, 1.82) is 0 Å². The van der Waals surface area contributed by atoms with Gasteiger partial charge in [-0.05, 0) is 61.2 Å². The maximum atomic E-state index is 13.7. The second kappa shape index (κ2) is 12.1. The molecule has 36 heavy (non-hydrogen) atoms. The van der Waals surface area contributed by atoms with Crippen molar-refractivity contribution >= 4 is 23.1 Å². The number of hydrogen-bond donors (Lipinski definition) is 1. The van der Waals surface area contributed by atoms with Gasteiger partial charge in [-0.25, -0.2) is 9.18 Å². The zero-order chi connectivity index (χ0) is 25.3. The van der Waals surface area contributed by atoms with Gasteiger partial charge in [0.2, 0.25) is 0 Å². The molecule has 3 aromatic carbocycles. The first kappa shape index (κ1) is 25.0. The summed E-state index contributed by atoms with van der Waals surface area (Å²) in [4.78, 5) is 17.8. The van der Waals surface area contributed by atoms with E-state index < -0.39 is 12.1 Å². The summed E-state index contributed by atoms with van der Waals surface area (Å²) in [5, 5.41) is 9.28. The third-order valence-corrected chi connectivity index (χ3v) is 5.69. The summed E-state index contributed by atoms with van der Waals surface area (Å²) < 4.78 is 31.0. The van der Waals surface area contributed by atoms with Gasteiger partial charge in [0.15, 0.2) is 11.7 Å². The van der Waals surface area contributed by atoms with Crippen molar-refractivity contribution in [2.24, 2.45) is 0 Å². The number of aromatic nitrogens is 1. The lowest BCUT2D eigenvalue weighted by molar-refractivity contribution is -0.145. The largest absolute Gasteiger partial charge is 0.494 e. The van der Waals surface area contributed by atoms with Gasteiger partial charge in [0.25, 0.3) is 6.01 Å². The smallest absolute Gasteiger partial charge is 0.344 e. The van der Waals surface area contributed by atoms with Gasteiger partial charge in [-0.2, -0.15) is 4.98 Å². The molecule has 4 rings (SSSR count). The molecule has 0 aliphatic heterocycles. The first-order valence-corrected chi connectivity index (χ1v) is 12.0. The van der Waals surface area contributed by atoms with Gasteiger partial charge >= 0.3 is 5.97 Å². The second-order valence-electron chi connectivity index (χ2n) is 8.36. The summed E-state index contributed by atoms with van der Waals surface area (Å²) in [7, 11) is 0. The molecule has 0 saturated carbocycles. The number of rotatable bonds is 13. The summed E-state index contributed by atoms with van der Waals surface area (Å²) in [5.74, 6) is -0.0280. The normalized spacial score (nSPS) is 11.8. The molecule has 8 heteroatoms. The third kappa shape index (κ3) is 6.75. The number of halogens is 1. The number of benzene rings is 3. The molecule has 0 aliphatic rings. The van der Waals surface area contributed by atoms with E-state index in [1.165, 1.54) is 12.1 Å². The van der Waals surface area contributed by atoms with E-state index in [-0.39, 0.29) is 5.82 Å². The highest BCUT2D eigenvalue weighted by atomic mass is 19.1. The minimum Gasteiger partial charge on any atom is -0.494 e. The van der Waals surface area contributed by atoms with Gasteiger partial charge in [0.1, 0.15) is 22.8 Å². The highest BCUT2D eigenvalue weighted by Crippen LogP contribution is 2.24. The molecule has 1 N–H and O–H groups in total. The molecule has 0 amide bonds. The Morgan fingerprint density at radius 1 is 1.06 bits per heavy atom. The average molecular weight is 493 g/mol. The van der Waals surface area contributed by atoms with E-state index in [0.29, 0.717) is 55.4 Å². The fraction of sp³-hybridized carbons (Fsp3) is 0.286. The van der Waals surface area contributed by atoms with Crippen LogP contribution in [0.1, 0.15) is 25.3 Å². The Morgan fingerprint density at radius 3 is 2.64 bits per heavy atom. The van der Waals surface area contributed by atoms with Crippen LogP contribution in [0.4, 0.5) is 10.4 Å². The lowest BCUT2D eigenvalue weighted by Crippen LogP contribution is -2.28. The number of oxazole rings is 1. The number of ether oxygens (including phenoxy) is 2. The van der Waals surface area contributed by atoms with Gasteiger partial charge in [-0.15, -0.1) is 0 Å². The lowest BCUT2D eigenvalue weighted by atomic mass is 10.1. The molecule has 1 unspecified atom stereocenters. The van der Waals surface area contributed by atoms with Crippen molar-refractivity contribution in [3.63, 3.8) is 0 Å². The fourth-order valence-corrected chi connectivity index (χ4v) is 3.80. The predicted molar refractivity (Wildman–Crippen MR) is 135 cm³/mol. The van der Waals surface area contributed by atoms with Crippen molar-refractivity contribution in [3.05, 3.63) is 84.2 Å². The minimum atomic E-state index is -0.987. The number of carboxylic acid groups (broad SMARTS) is 1. The van der Waals surface area contributed by atoms with Gasteiger partial charge in [0.05, 0.1) is 6.61 Å². The minimum absolute atomic E-state index is 0.367. The third-order valence-electron chi connectivity index (χ3n) is 5.69.